The van der Waals surface area contributed by atoms with Crippen molar-refractivity contribution in [1.82, 2.24) is 4.90 Å². The molecular formula is C22H15N3O3. The summed E-state index contributed by atoms with van der Waals surface area (Å²) in [6.45, 7) is -0.0217. The third-order valence-electron chi connectivity index (χ3n) is 4.69. The Hall–Kier alpha value is -3.98. The number of anilines is 1. The summed E-state index contributed by atoms with van der Waals surface area (Å²) in [5.41, 5.74) is 1.86. The first-order chi connectivity index (χ1) is 13.6. The summed E-state index contributed by atoms with van der Waals surface area (Å²) in [5.74, 6) is -1.13. The van der Waals surface area contributed by atoms with Crippen molar-refractivity contribution in [2.45, 2.75) is 6.42 Å². The molecule has 1 N–H and O–H groups in total. The van der Waals surface area contributed by atoms with E-state index in [1.165, 1.54) is 0 Å². The van der Waals surface area contributed by atoms with E-state index in [2.05, 4.69) is 5.32 Å². The predicted octanol–water partition coefficient (Wildman–Crippen LogP) is 3.34. The van der Waals surface area contributed by atoms with Gasteiger partial charge in [-0.25, -0.2) is 0 Å². The van der Waals surface area contributed by atoms with E-state index < -0.39 is 11.8 Å². The Bertz CT molecular complexity index is 1130. The van der Waals surface area contributed by atoms with Crippen molar-refractivity contribution in [2.75, 3.05) is 11.9 Å². The van der Waals surface area contributed by atoms with Gasteiger partial charge in [0.2, 0.25) is 5.91 Å². The first kappa shape index (κ1) is 17.4. The fourth-order valence-electron chi connectivity index (χ4n) is 3.39. The van der Waals surface area contributed by atoms with Crippen molar-refractivity contribution in [2.24, 2.45) is 0 Å². The summed E-state index contributed by atoms with van der Waals surface area (Å²) >= 11 is 0. The summed E-state index contributed by atoms with van der Waals surface area (Å²) in [4.78, 5) is 39.0. The van der Waals surface area contributed by atoms with Gasteiger partial charge in [0.25, 0.3) is 11.8 Å². The SMILES string of the molecule is N#Cc1cccc(NC(=O)CCN2C(=O)c3cccc4cccc(c34)C2=O)c1. The van der Waals surface area contributed by atoms with Gasteiger partial charge in [0.1, 0.15) is 0 Å². The number of amides is 3. The van der Waals surface area contributed by atoms with Gasteiger partial charge in [-0.3, -0.25) is 19.3 Å². The van der Waals surface area contributed by atoms with Gasteiger partial charge < -0.3 is 5.32 Å². The van der Waals surface area contributed by atoms with Gasteiger partial charge >= 0.3 is 0 Å². The van der Waals surface area contributed by atoms with Gasteiger partial charge in [-0.15, -0.1) is 0 Å². The van der Waals surface area contributed by atoms with Crippen LogP contribution in [-0.4, -0.2) is 29.2 Å². The molecule has 3 aromatic carbocycles. The van der Waals surface area contributed by atoms with Crippen LogP contribution in [-0.2, 0) is 4.79 Å². The normalized spacial score (nSPS) is 12.8. The molecule has 0 saturated carbocycles. The monoisotopic (exact) mass is 369 g/mol. The number of hydrogen-bond donors (Lipinski definition) is 1. The second-order valence-corrected chi connectivity index (χ2v) is 6.46. The zero-order valence-electron chi connectivity index (χ0n) is 14.8. The van der Waals surface area contributed by atoms with Crippen LogP contribution in [0.15, 0.2) is 60.7 Å². The van der Waals surface area contributed by atoms with E-state index in [1.54, 1.807) is 48.5 Å². The Morgan fingerprint density at radius 3 is 2.25 bits per heavy atom. The number of hydrogen-bond acceptors (Lipinski definition) is 4. The van der Waals surface area contributed by atoms with Crippen LogP contribution < -0.4 is 5.32 Å². The summed E-state index contributed by atoms with van der Waals surface area (Å²) < 4.78 is 0. The van der Waals surface area contributed by atoms with Crippen molar-refractivity contribution in [3.05, 3.63) is 77.4 Å². The lowest BCUT2D eigenvalue weighted by atomic mass is 9.94. The van der Waals surface area contributed by atoms with E-state index >= 15 is 0 Å². The highest BCUT2D eigenvalue weighted by molar-refractivity contribution is 6.25. The van der Waals surface area contributed by atoms with Crippen molar-refractivity contribution in [1.29, 1.82) is 5.26 Å². The van der Waals surface area contributed by atoms with E-state index in [1.807, 2.05) is 18.2 Å². The number of nitrogens with one attached hydrogen (secondary N) is 1. The average Bonchev–Trinajstić information content (AvgIpc) is 2.72. The Morgan fingerprint density at radius 2 is 1.61 bits per heavy atom. The van der Waals surface area contributed by atoms with E-state index in [4.69, 9.17) is 5.26 Å². The molecule has 0 bridgehead atoms. The molecule has 136 valence electrons. The first-order valence-electron chi connectivity index (χ1n) is 8.76. The summed E-state index contributed by atoms with van der Waals surface area (Å²) in [7, 11) is 0. The molecule has 6 heteroatoms. The van der Waals surface area contributed by atoms with Crippen molar-refractivity contribution >= 4 is 34.2 Å². The molecule has 28 heavy (non-hydrogen) atoms. The Morgan fingerprint density at radius 1 is 0.964 bits per heavy atom. The van der Waals surface area contributed by atoms with Gasteiger partial charge in [0.05, 0.1) is 11.6 Å². The molecular weight excluding hydrogens is 354 g/mol. The molecule has 1 heterocycles. The zero-order chi connectivity index (χ0) is 19.7. The lowest BCUT2D eigenvalue weighted by Gasteiger charge is -2.27. The second kappa shape index (κ2) is 6.97. The first-order valence-corrected chi connectivity index (χ1v) is 8.76. The van der Waals surface area contributed by atoms with Gasteiger partial charge in [0.15, 0.2) is 0 Å². The number of nitrogens with zero attached hydrogens (tertiary/aromatic N) is 2. The Kier molecular flexibility index (Phi) is 4.34. The highest BCUT2D eigenvalue weighted by atomic mass is 16.2. The van der Waals surface area contributed by atoms with Crippen LogP contribution in [0.5, 0.6) is 0 Å². The van der Waals surface area contributed by atoms with E-state index in [9.17, 15) is 14.4 Å². The maximum absolute atomic E-state index is 12.8. The van der Waals surface area contributed by atoms with Crippen LogP contribution in [0, 0.1) is 11.3 Å². The molecule has 0 aromatic heterocycles. The molecule has 0 aliphatic carbocycles. The van der Waals surface area contributed by atoms with Gasteiger partial charge in [-0.2, -0.15) is 5.26 Å². The van der Waals surface area contributed by atoms with Crippen molar-refractivity contribution < 1.29 is 14.4 Å². The maximum Gasteiger partial charge on any atom is 0.261 e. The molecule has 0 fully saturated rings. The molecule has 6 nitrogen and oxygen atoms in total. The topological polar surface area (TPSA) is 90.3 Å². The summed E-state index contributed by atoms with van der Waals surface area (Å²) in [6, 6.07) is 19.2. The molecule has 3 aromatic rings. The number of nitriles is 1. The third kappa shape index (κ3) is 2.99. The van der Waals surface area contributed by atoms with Crippen LogP contribution in [0.3, 0.4) is 0 Å². The minimum absolute atomic E-state index is 0.0217. The zero-order valence-corrected chi connectivity index (χ0v) is 14.8. The highest BCUT2D eigenvalue weighted by Crippen LogP contribution is 2.29. The quantitative estimate of drug-likeness (QED) is 0.714. The minimum atomic E-state index is -0.395. The molecule has 0 atom stereocenters. The van der Waals surface area contributed by atoms with E-state index in [-0.39, 0.29) is 18.9 Å². The van der Waals surface area contributed by atoms with Crippen molar-refractivity contribution in [3.63, 3.8) is 0 Å². The average molecular weight is 369 g/mol. The second-order valence-electron chi connectivity index (χ2n) is 6.46. The number of carbonyl (C=O) groups excluding carboxylic acids is 3. The third-order valence-corrected chi connectivity index (χ3v) is 4.69. The van der Waals surface area contributed by atoms with Gasteiger partial charge in [0, 0.05) is 35.2 Å². The molecule has 0 spiro atoms. The van der Waals surface area contributed by atoms with Gasteiger partial charge in [-0.05, 0) is 35.7 Å². The largest absolute Gasteiger partial charge is 0.326 e. The van der Waals surface area contributed by atoms with Crippen LogP contribution in [0.1, 0.15) is 32.7 Å². The van der Waals surface area contributed by atoms with Crippen LogP contribution >= 0.6 is 0 Å². The Balaban J connectivity index is 1.51. The van der Waals surface area contributed by atoms with Crippen LogP contribution in [0.4, 0.5) is 5.69 Å². The number of carbonyl (C=O) groups is 3. The lowest BCUT2D eigenvalue weighted by Crippen LogP contribution is -2.41. The molecule has 0 unspecified atom stereocenters. The lowest BCUT2D eigenvalue weighted by molar-refractivity contribution is -0.116. The van der Waals surface area contributed by atoms with Crippen molar-refractivity contribution in [3.8, 4) is 6.07 Å². The fraction of sp³-hybridized carbons (Fsp3) is 0.0909. The molecule has 3 amide bonds. The molecule has 4 rings (SSSR count). The summed E-state index contributed by atoms with van der Waals surface area (Å²) in [6.07, 6.45) is -0.0353. The highest BCUT2D eigenvalue weighted by Gasteiger charge is 2.32. The standard InChI is InChI=1S/C22H15N3O3/c23-13-14-4-1-7-16(12-14)24-19(26)10-11-25-21(27)17-8-2-5-15-6-3-9-18(20(15)17)22(25)28/h1-9,12H,10-11H2,(H,24,26). The molecule has 0 radical (unpaired) electrons. The molecule has 1 aliphatic heterocycles. The Labute approximate surface area is 161 Å². The minimum Gasteiger partial charge on any atom is -0.326 e. The summed E-state index contributed by atoms with van der Waals surface area (Å²) in [5, 5.41) is 13.1. The predicted molar refractivity (Wildman–Crippen MR) is 104 cm³/mol. The maximum atomic E-state index is 12.8. The van der Waals surface area contributed by atoms with E-state index in [0.717, 1.165) is 10.3 Å². The fourth-order valence-corrected chi connectivity index (χ4v) is 3.39. The number of imide groups is 1. The van der Waals surface area contributed by atoms with E-state index in [0.29, 0.717) is 27.8 Å². The molecule has 1 aliphatic rings. The number of benzene rings is 3. The smallest absolute Gasteiger partial charge is 0.261 e. The van der Waals surface area contributed by atoms with Gasteiger partial charge in [-0.1, -0.05) is 30.3 Å². The molecule has 0 saturated heterocycles. The van der Waals surface area contributed by atoms with Crippen LogP contribution in [0.25, 0.3) is 10.8 Å². The number of rotatable bonds is 4. The van der Waals surface area contributed by atoms with Crippen LogP contribution in [0.2, 0.25) is 0 Å².